The van der Waals surface area contributed by atoms with Crippen molar-refractivity contribution in [3.63, 3.8) is 0 Å². The minimum Gasteiger partial charge on any atom is -0.382 e. The van der Waals surface area contributed by atoms with Gasteiger partial charge in [-0.05, 0) is 38.3 Å². The van der Waals surface area contributed by atoms with Gasteiger partial charge in [0, 0.05) is 25.5 Å². The number of aromatic nitrogens is 1. The monoisotopic (exact) mass is 266 g/mol. The number of aromatic amines is 1. The Morgan fingerprint density at radius 2 is 2.16 bits per heavy atom. The molecule has 0 aliphatic carbocycles. The summed E-state index contributed by atoms with van der Waals surface area (Å²) < 4.78 is 5.18. The SMILES string of the molecule is CCOCCCNC(=O)c1cc(CC)c(C)[nH]c1=O. The molecule has 1 amide bonds. The number of carbonyl (C=O) groups excluding carboxylic acids is 1. The van der Waals surface area contributed by atoms with Crippen LogP contribution >= 0.6 is 0 Å². The quantitative estimate of drug-likeness (QED) is 0.733. The fourth-order valence-corrected chi connectivity index (χ4v) is 1.82. The minimum atomic E-state index is -0.336. The smallest absolute Gasteiger partial charge is 0.261 e. The average molecular weight is 266 g/mol. The first-order valence-electron chi connectivity index (χ1n) is 6.68. The van der Waals surface area contributed by atoms with Gasteiger partial charge in [-0.1, -0.05) is 6.92 Å². The summed E-state index contributed by atoms with van der Waals surface area (Å²) in [6.07, 6.45) is 1.53. The lowest BCUT2D eigenvalue weighted by molar-refractivity contribution is 0.0942. The Morgan fingerprint density at radius 1 is 1.42 bits per heavy atom. The normalized spacial score (nSPS) is 10.5. The number of H-pyrrole nitrogens is 1. The van der Waals surface area contributed by atoms with E-state index in [1.54, 1.807) is 6.07 Å². The van der Waals surface area contributed by atoms with Crippen LogP contribution in [0.2, 0.25) is 0 Å². The maximum atomic E-state index is 11.9. The molecule has 0 saturated carbocycles. The molecule has 0 saturated heterocycles. The molecule has 0 unspecified atom stereocenters. The highest BCUT2D eigenvalue weighted by molar-refractivity contribution is 5.93. The van der Waals surface area contributed by atoms with Crippen molar-refractivity contribution in [2.75, 3.05) is 19.8 Å². The number of nitrogens with one attached hydrogen (secondary N) is 2. The lowest BCUT2D eigenvalue weighted by Gasteiger charge is -2.08. The Morgan fingerprint density at radius 3 is 2.79 bits per heavy atom. The molecule has 106 valence electrons. The summed E-state index contributed by atoms with van der Waals surface area (Å²) in [5.41, 5.74) is 1.65. The molecule has 0 aliphatic rings. The van der Waals surface area contributed by atoms with Crippen LogP contribution in [0.4, 0.5) is 0 Å². The van der Waals surface area contributed by atoms with E-state index in [0.29, 0.717) is 19.8 Å². The van der Waals surface area contributed by atoms with Crippen LogP contribution < -0.4 is 10.9 Å². The second kappa shape index (κ2) is 7.74. The van der Waals surface area contributed by atoms with Crippen molar-refractivity contribution in [3.05, 3.63) is 33.2 Å². The van der Waals surface area contributed by atoms with Gasteiger partial charge >= 0.3 is 0 Å². The third-order valence-corrected chi connectivity index (χ3v) is 2.93. The summed E-state index contributed by atoms with van der Waals surface area (Å²) in [6, 6.07) is 1.67. The van der Waals surface area contributed by atoms with E-state index < -0.39 is 0 Å². The zero-order chi connectivity index (χ0) is 14.3. The van der Waals surface area contributed by atoms with Gasteiger partial charge in [0.2, 0.25) is 0 Å². The van der Waals surface area contributed by atoms with Crippen LogP contribution in [0, 0.1) is 6.92 Å². The molecular weight excluding hydrogens is 244 g/mol. The van der Waals surface area contributed by atoms with Gasteiger partial charge in [0.05, 0.1) is 0 Å². The highest BCUT2D eigenvalue weighted by atomic mass is 16.5. The van der Waals surface area contributed by atoms with Crippen LogP contribution in [-0.2, 0) is 11.2 Å². The molecule has 0 bridgehead atoms. The van der Waals surface area contributed by atoms with Crippen molar-refractivity contribution >= 4 is 5.91 Å². The number of carbonyl (C=O) groups is 1. The summed E-state index contributed by atoms with van der Waals surface area (Å²) in [7, 11) is 0. The van der Waals surface area contributed by atoms with E-state index in [1.807, 2.05) is 20.8 Å². The zero-order valence-corrected chi connectivity index (χ0v) is 11.8. The topological polar surface area (TPSA) is 71.2 Å². The Labute approximate surface area is 113 Å². The van der Waals surface area contributed by atoms with E-state index in [2.05, 4.69) is 10.3 Å². The first-order valence-corrected chi connectivity index (χ1v) is 6.68. The molecule has 0 spiro atoms. The average Bonchev–Trinajstić information content (AvgIpc) is 2.38. The van der Waals surface area contributed by atoms with Crippen LogP contribution in [0.1, 0.15) is 41.9 Å². The van der Waals surface area contributed by atoms with Crippen LogP contribution in [-0.4, -0.2) is 30.6 Å². The molecule has 0 fully saturated rings. The molecule has 1 aromatic heterocycles. The highest BCUT2D eigenvalue weighted by Crippen LogP contribution is 2.05. The number of pyridine rings is 1. The van der Waals surface area contributed by atoms with Crippen molar-refractivity contribution in [2.24, 2.45) is 0 Å². The Hall–Kier alpha value is -1.62. The minimum absolute atomic E-state index is 0.179. The second-order valence-electron chi connectivity index (χ2n) is 4.32. The Balaban J connectivity index is 2.64. The van der Waals surface area contributed by atoms with Crippen molar-refractivity contribution in [3.8, 4) is 0 Å². The van der Waals surface area contributed by atoms with Gasteiger partial charge in [0.15, 0.2) is 0 Å². The number of rotatable bonds is 7. The van der Waals surface area contributed by atoms with E-state index >= 15 is 0 Å². The van der Waals surface area contributed by atoms with Gasteiger partial charge in [-0.25, -0.2) is 0 Å². The zero-order valence-electron chi connectivity index (χ0n) is 11.8. The van der Waals surface area contributed by atoms with Crippen LogP contribution in [0.3, 0.4) is 0 Å². The van der Waals surface area contributed by atoms with Crippen molar-refractivity contribution in [2.45, 2.75) is 33.6 Å². The van der Waals surface area contributed by atoms with E-state index in [1.165, 1.54) is 0 Å². The maximum absolute atomic E-state index is 11.9. The second-order valence-corrected chi connectivity index (χ2v) is 4.32. The molecule has 0 radical (unpaired) electrons. The largest absolute Gasteiger partial charge is 0.382 e. The fourth-order valence-electron chi connectivity index (χ4n) is 1.82. The lowest BCUT2D eigenvalue weighted by atomic mass is 10.1. The summed E-state index contributed by atoms with van der Waals surface area (Å²) in [4.78, 5) is 26.4. The summed E-state index contributed by atoms with van der Waals surface area (Å²) in [5.74, 6) is -0.326. The van der Waals surface area contributed by atoms with Gasteiger partial charge in [-0.15, -0.1) is 0 Å². The molecule has 1 rings (SSSR count). The first-order chi connectivity index (χ1) is 9.10. The van der Waals surface area contributed by atoms with E-state index in [-0.39, 0.29) is 17.0 Å². The van der Waals surface area contributed by atoms with Crippen LogP contribution in [0.25, 0.3) is 0 Å². The van der Waals surface area contributed by atoms with Crippen LogP contribution in [0.15, 0.2) is 10.9 Å². The predicted octanol–water partition coefficient (Wildman–Crippen LogP) is 1.40. The van der Waals surface area contributed by atoms with Gasteiger partial charge in [-0.2, -0.15) is 0 Å². The molecule has 0 aliphatic heterocycles. The maximum Gasteiger partial charge on any atom is 0.261 e. The summed E-state index contributed by atoms with van der Waals surface area (Å²) in [5, 5.41) is 2.73. The summed E-state index contributed by atoms with van der Waals surface area (Å²) >= 11 is 0. The molecule has 1 heterocycles. The molecule has 1 aromatic rings. The van der Waals surface area contributed by atoms with E-state index in [9.17, 15) is 9.59 Å². The number of ether oxygens (including phenoxy) is 1. The van der Waals surface area contributed by atoms with Crippen LogP contribution in [0.5, 0.6) is 0 Å². The van der Waals surface area contributed by atoms with Gasteiger partial charge in [0.1, 0.15) is 5.56 Å². The number of hydrogen-bond acceptors (Lipinski definition) is 3. The van der Waals surface area contributed by atoms with Gasteiger partial charge in [0.25, 0.3) is 11.5 Å². The van der Waals surface area contributed by atoms with Gasteiger partial charge in [-0.3, -0.25) is 9.59 Å². The Kier molecular flexibility index (Phi) is 6.29. The van der Waals surface area contributed by atoms with Crippen molar-refractivity contribution in [1.82, 2.24) is 10.3 Å². The molecule has 2 N–H and O–H groups in total. The first kappa shape index (κ1) is 15.4. The van der Waals surface area contributed by atoms with E-state index in [4.69, 9.17) is 4.74 Å². The van der Waals surface area contributed by atoms with Crippen molar-refractivity contribution < 1.29 is 9.53 Å². The Bertz CT molecular complexity index is 480. The molecule has 19 heavy (non-hydrogen) atoms. The van der Waals surface area contributed by atoms with E-state index in [0.717, 1.165) is 24.1 Å². The molecule has 5 heteroatoms. The molecule has 5 nitrogen and oxygen atoms in total. The number of amides is 1. The molecule has 0 atom stereocenters. The summed E-state index contributed by atoms with van der Waals surface area (Å²) in [6.45, 7) is 7.55. The number of aryl methyl sites for hydroxylation is 2. The third kappa shape index (κ3) is 4.52. The molecule has 0 aromatic carbocycles. The van der Waals surface area contributed by atoms with Gasteiger partial charge < -0.3 is 15.0 Å². The van der Waals surface area contributed by atoms with Crippen molar-refractivity contribution in [1.29, 1.82) is 0 Å². The number of hydrogen-bond donors (Lipinski definition) is 2. The molecular formula is C14H22N2O3. The fraction of sp³-hybridized carbons (Fsp3) is 0.571. The highest BCUT2D eigenvalue weighted by Gasteiger charge is 2.12. The predicted molar refractivity (Wildman–Crippen MR) is 74.6 cm³/mol. The third-order valence-electron chi connectivity index (χ3n) is 2.93. The lowest BCUT2D eigenvalue weighted by Crippen LogP contribution is -2.31. The standard InChI is InChI=1S/C14H22N2O3/c1-4-11-9-12(14(18)16-10(11)3)13(17)15-7-6-8-19-5-2/h9H,4-8H2,1-3H3,(H,15,17)(H,16,18).